The van der Waals surface area contributed by atoms with E-state index in [1.807, 2.05) is 4.90 Å². The summed E-state index contributed by atoms with van der Waals surface area (Å²) >= 11 is 0. The average Bonchev–Trinajstić information content (AvgIpc) is 2.20. The topological polar surface area (TPSA) is 43.1 Å². The summed E-state index contributed by atoms with van der Waals surface area (Å²) in [6, 6.07) is 0. The van der Waals surface area contributed by atoms with Gasteiger partial charge in [0.25, 0.3) is 0 Å². The number of piperazine rings is 1. The summed E-state index contributed by atoms with van der Waals surface area (Å²) in [6.45, 7) is 2.99. The lowest BCUT2D eigenvalue weighted by molar-refractivity contribution is 0.549. The third-order valence-corrected chi connectivity index (χ3v) is 2.00. The van der Waals surface area contributed by atoms with Crippen molar-refractivity contribution in [1.29, 1.82) is 0 Å². The maximum absolute atomic E-state index is 13.2. The van der Waals surface area contributed by atoms with E-state index in [1.54, 1.807) is 0 Å². The highest BCUT2D eigenvalue weighted by atomic mass is 19.1. The van der Waals surface area contributed by atoms with E-state index in [0.717, 1.165) is 26.2 Å². The summed E-state index contributed by atoms with van der Waals surface area (Å²) in [4.78, 5) is 9.40. The van der Waals surface area contributed by atoms with Crippen molar-refractivity contribution in [3.05, 3.63) is 18.3 Å². The molecular weight excluding hydrogens is 171 g/mol. The first kappa shape index (κ1) is 8.37. The molecule has 1 aromatic heterocycles. The second-order valence-corrected chi connectivity index (χ2v) is 2.85. The van der Waals surface area contributed by atoms with E-state index in [9.17, 15) is 4.39 Å². The first-order valence-electron chi connectivity index (χ1n) is 4.21. The fourth-order valence-electron chi connectivity index (χ4n) is 1.36. The van der Waals surface area contributed by atoms with Crippen molar-refractivity contribution in [2.75, 3.05) is 31.1 Å². The standard InChI is InChI=1S/C8H10FN4/c9-7-5-11-6-12-8(7)13-3-1-10-2-4-13/h5-6H,1-4H2. The highest BCUT2D eigenvalue weighted by Gasteiger charge is 2.15. The van der Waals surface area contributed by atoms with Gasteiger partial charge in [0.1, 0.15) is 6.33 Å². The Morgan fingerprint density at radius 2 is 2.08 bits per heavy atom. The van der Waals surface area contributed by atoms with E-state index >= 15 is 0 Å². The molecule has 0 N–H and O–H groups in total. The summed E-state index contributed by atoms with van der Waals surface area (Å²) in [6.07, 6.45) is 2.55. The molecule has 1 aliphatic rings. The first-order chi connectivity index (χ1) is 6.38. The molecule has 0 aromatic carbocycles. The number of nitrogens with zero attached hydrogens (tertiary/aromatic N) is 4. The lowest BCUT2D eigenvalue weighted by Crippen LogP contribution is -2.41. The van der Waals surface area contributed by atoms with Crippen molar-refractivity contribution < 1.29 is 4.39 Å². The second-order valence-electron chi connectivity index (χ2n) is 2.85. The van der Waals surface area contributed by atoms with Crippen LogP contribution in [0, 0.1) is 5.82 Å². The minimum absolute atomic E-state index is 0.357. The first-order valence-corrected chi connectivity index (χ1v) is 4.21. The van der Waals surface area contributed by atoms with Gasteiger partial charge in [-0.15, -0.1) is 0 Å². The summed E-state index contributed by atoms with van der Waals surface area (Å²) in [5, 5.41) is 4.17. The van der Waals surface area contributed by atoms with Crippen LogP contribution in [-0.4, -0.2) is 36.1 Å². The van der Waals surface area contributed by atoms with Gasteiger partial charge in [-0.25, -0.2) is 19.7 Å². The van der Waals surface area contributed by atoms with Crippen molar-refractivity contribution in [3.63, 3.8) is 0 Å². The van der Waals surface area contributed by atoms with Crippen LogP contribution in [0.2, 0.25) is 0 Å². The van der Waals surface area contributed by atoms with Gasteiger partial charge >= 0.3 is 0 Å². The average molecular weight is 181 g/mol. The monoisotopic (exact) mass is 181 g/mol. The zero-order valence-electron chi connectivity index (χ0n) is 7.15. The molecule has 0 bridgehead atoms. The second kappa shape index (κ2) is 3.66. The van der Waals surface area contributed by atoms with Crippen LogP contribution in [0.3, 0.4) is 0 Å². The molecule has 2 heterocycles. The molecule has 4 nitrogen and oxygen atoms in total. The van der Waals surface area contributed by atoms with Crippen LogP contribution < -0.4 is 10.2 Å². The summed E-state index contributed by atoms with van der Waals surface area (Å²) in [7, 11) is 0. The lowest BCUT2D eigenvalue weighted by atomic mass is 10.3. The Kier molecular flexibility index (Phi) is 2.35. The van der Waals surface area contributed by atoms with Crippen LogP contribution >= 0.6 is 0 Å². The van der Waals surface area contributed by atoms with E-state index < -0.39 is 0 Å². The molecule has 13 heavy (non-hydrogen) atoms. The fourth-order valence-corrected chi connectivity index (χ4v) is 1.36. The highest BCUT2D eigenvalue weighted by Crippen LogP contribution is 2.14. The van der Waals surface area contributed by atoms with Crippen LogP contribution in [0.4, 0.5) is 10.2 Å². The third kappa shape index (κ3) is 1.75. The van der Waals surface area contributed by atoms with Gasteiger partial charge in [0, 0.05) is 26.2 Å². The number of aromatic nitrogens is 2. The Morgan fingerprint density at radius 3 is 2.77 bits per heavy atom. The van der Waals surface area contributed by atoms with Crippen molar-refractivity contribution in [2.24, 2.45) is 0 Å². The molecule has 1 aliphatic heterocycles. The summed E-state index contributed by atoms with van der Waals surface area (Å²) in [5.41, 5.74) is 0. The largest absolute Gasteiger partial charge is 0.351 e. The fraction of sp³-hybridized carbons (Fsp3) is 0.500. The molecule has 0 unspecified atom stereocenters. The zero-order valence-corrected chi connectivity index (χ0v) is 7.15. The molecule has 1 saturated heterocycles. The van der Waals surface area contributed by atoms with Crippen molar-refractivity contribution in [3.8, 4) is 0 Å². The highest BCUT2D eigenvalue weighted by molar-refractivity contribution is 5.38. The number of anilines is 1. The molecule has 5 heteroatoms. The molecular formula is C8H10FN4. The SMILES string of the molecule is Fc1cncnc1N1CC[N]CC1. The third-order valence-electron chi connectivity index (χ3n) is 2.00. The molecule has 0 amide bonds. The molecule has 1 fully saturated rings. The Balaban J connectivity index is 2.18. The molecule has 0 aliphatic carbocycles. The van der Waals surface area contributed by atoms with E-state index in [-0.39, 0.29) is 5.82 Å². The molecule has 69 valence electrons. The molecule has 1 aromatic rings. The van der Waals surface area contributed by atoms with Gasteiger partial charge in [-0.3, -0.25) is 0 Å². The Bertz CT molecular complexity index is 285. The molecule has 2 rings (SSSR count). The molecule has 1 radical (unpaired) electrons. The van der Waals surface area contributed by atoms with Gasteiger partial charge in [-0.05, 0) is 0 Å². The number of halogens is 1. The molecule has 0 atom stereocenters. The Morgan fingerprint density at radius 1 is 1.31 bits per heavy atom. The maximum atomic E-state index is 13.2. The minimum atomic E-state index is -0.357. The van der Waals surface area contributed by atoms with E-state index in [2.05, 4.69) is 15.3 Å². The van der Waals surface area contributed by atoms with Crippen molar-refractivity contribution in [1.82, 2.24) is 15.3 Å². The smallest absolute Gasteiger partial charge is 0.183 e. The van der Waals surface area contributed by atoms with E-state index in [0.29, 0.717) is 5.82 Å². The van der Waals surface area contributed by atoms with Gasteiger partial charge in [0.05, 0.1) is 6.20 Å². The van der Waals surface area contributed by atoms with Crippen LogP contribution in [0.5, 0.6) is 0 Å². The summed E-state index contributed by atoms with van der Waals surface area (Å²) < 4.78 is 13.2. The Hall–Kier alpha value is -1.23. The van der Waals surface area contributed by atoms with Gasteiger partial charge < -0.3 is 4.90 Å². The predicted octanol–water partition coefficient (Wildman–Crippen LogP) is 0.0401. The molecule has 0 saturated carbocycles. The maximum Gasteiger partial charge on any atom is 0.183 e. The van der Waals surface area contributed by atoms with E-state index in [1.165, 1.54) is 12.5 Å². The Labute approximate surface area is 75.8 Å². The normalized spacial score (nSPS) is 17.5. The number of rotatable bonds is 1. The summed E-state index contributed by atoms with van der Waals surface area (Å²) in [5.74, 6) is 0.0364. The zero-order chi connectivity index (χ0) is 9.10. The predicted molar refractivity (Wildman–Crippen MR) is 46.1 cm³/mol. The van der Waals surface area contributed by atoms with Crippen LogP contribution in [0.15, 0.2) is 12.5 Å². The van der Waals surface area contributed by atoms with Gasteiger partial charge in [-0.1, -0.05) is 0 Å². The van der Waals surface area contributed by atoms with Crippen LogP contribution in [0.1, 0.15) is 0 Å². The number of hydrogen-bond donors (Lipinski definition) is 0. The van der Waals surface area contributed by atoms with E-state index in [4.69, 9.17) is 0 Å². The van der Waals surface area contributed by atoms with Crippen molar-refractivity contribution in [2.45, 2.75) is 0 Å². The van der Waals surface area contributed by atoms with Crippen LogP contribution in [-0.2, 0) is 0 Å². The molecule has 0 spiro atoms. The quantitative estimate of drug-likeness (QED) is 0.614. The van der Waals surface area contributed by atoms with Gasteiger partial charge in [-0.2, -0.15) is 0 Å². The van der Waals surface area contributed by atoms with Crippen LogP contribution in [0.25, 0.3) is 0 Å². The minimum Gasteiger partial charge on any atom is -0.351 e. The number of hydrogen-bond acceptors (Lipinski definition) is 3. The van der Waals surface area contributed by atoms with Crippen molar-refractivity contribution >= 4 is 5.82 Å². The van der Waals surface area contributed by atoms with Gasteiger partial charge in [0.15, 0.2) is 11.6 Å². The lowest BCUT2D eigenvalue weighted by Gasteiger charge is -2.27. The van der Waals surface area contributed by atoms with Gasteiger partial charge in [0.2, 0.25) is 0 Å².